The van der Waals surface area contributed by atoms with Crippen LogP contribution in [0.1, 0.15) is 31.5 Å². The molecule has 1 aliphatic heterocycles. The molecule has 0 saturated carbocycles. The normalized spacial score (nSPS) is 21.6. The summed E-state index contributed by atoms with van der Waals surface area (Å²) in [5, 5.41) is 0. The van der Waals surface area contributed by atoms with E-state index in [1.807, 2.05) is 19.2 Å². The Kier molecular flexibility index (Phi) is 4.55. The third-order valence-electron chi connectivity index (χ3n) is 3.46. The van der Waals surface area contributed by atoms with Gasteiger partial charge in [-0.25, -0.2) is 0 Å². The van der Waals surface area contributed by atoms with Crippen molar-refractivity contribution in [2.45, 2.75) is 25.8 Å². The molecular weight excluding hydrogens is 226 g/mol. The van der Waals surface area contributed by atoms with Gasteiger partial charge in [-0.1, -0.05) is 0 Å². The summed E-state index contributed by atoms with van der Waals surface area (Å²) in [6.45, 7) is 4.78. The Balaban J connectivity index is 1.93. The van der Waals surface area contributed by atoms with Crippen LogP contribution in [0.5, 0.6) is 0 Å². The van der Waals surface area contributed by atoms with Crippen molar-refractivity contribution in [1.82, 2.24) is 4.98 Å². The van der Waals surface area contributed by atoms with Gasteiger partial charge in [-0.05, 0) is 37.8 Å². The largest absolute Gasteiger partial charge is 0.381 e. The second kappa shape index (κ2) is 6.16. The van der Waals surface area contributed by atoms with Crippen LogP contribution in [-0.4, -0.2) is 31.8 Å². The molecule has 0 amide bonds. The molecule has 0 aliphatic carbocycles. The zero-order valence-corrected chi connectivity index (χ0v) is 11.3. The van der Waals surface area contributed by atoms with E-state index in [4.69, 9.17) is 10.5 Å². The maximum atomic E-state index is 5.80. The van der Waals surface area contributed by atoms with Crippen molar-refractivity contribution in [1.29, 1.82) is 0 Å². The Morgan fingerprint density at radius 3 is 2.94 bits per heavy atom. The lowest BCUT2D eigenvalue weighted by molar-refractivity contribution is 0.0576. The number of anilines is 1. The molecule has 2 heterocycles. The molecule has 0 radical (unpaired) electrons. The van der Waals surface area contributed by atoms with E-state index in [0.717, 1.165) is 31.1 Å². The van der Waals surface area contributed by atoms with E-state index in [1.165, 1.54) is 12.8 Å². The van der Waals surface area contributed by atoms with Gasteiger partial charge in [0, 0.05) is 26.2 Å². The van der Waals surface area contributed by atoms with Crippen LogP contribution in [-0.2, 0) is 4.74 Å². The van der Waals surface area contributed by atoms with Crippen molar-refractivity contribution >= 4 is 5.69 Å². The smallest absolute Gasteiger partial charge is 0.0569 e. The molecule has 2 atom stereocenters. The van der Waals surface area contributed by atoms with Crippen molar-refractivity contribution in [3.8, 4) is 0 Å². The van der Waals surface area contributed by atoms with Gasteiger partial charge in [-0.2, -0.15) is 0 Å². The lowest BCUT2D eigenvalue weighted by Crippen LogP contribution is -2.30. The lowest BCUT2D eigenvalue weighted by Gasteiger charge is -2.28. The van der Waals surface area contributed by atoms with Gasteiger partial charge in [0.25, 0.3) is 0 Å². The Morgan fingerprint density at radius 2 is 2.39 bits per heavy atom. The summed E-state index contributed by atoms with van der Waals surface area (Å²) >= 11 is 0. The molecule has 0 spiro atoms. The van der Waals surface area contributed by atoms with Crippen molar-refractivity contribution in [3.05, 3.63) is 24.0 Å². The third-order valence-corrected chi connectivity index (χ3v) is 3.46. The van der Waals surface area contributed by atoms with Gasteiger partial charge in [0.05, 0.1) is 24.2 Å². The van der Waals surface area contributed by atoms with Crippen LogP contribution in [0.2, 0.25) is 0 Å². The maximum Gasteiger partial charge on any atom is 0.0569 e. The van der Waals surface area contributed by atoms with Gasteiger partial charge < -0.3 is 15.4 Å². The summed E-state index contributed by atoms with van der Waals surface area (Å²) in [5.74, 6) is 0.636. The first-order valence-electron chi connectivity index (χ1n) is 6.67. The van der Waals surface area contributed by atoms with Gasteiger partial charge in [-0.3, -0.25) is 4.98 Å². The maximum absolute atomic E-state index is 5.80. The summed E-state index contributed by atoms with van der Waals surface area (Å²) in [7, 11) is 2.11. The molecule has 0 aromatic carbocycles. The second-order valence-electron chi connectivity index (χ2n) is 5.19. The SMILES string of the molecule is C[C@H](N)c1ccc(N(C)CC2CCCOC2)cn1. The van der Waals surface area contributed by atoms with Crippen LogP contribution in [0.3, 0.4) is 0 Å². The molecule has 4 heteroatoms. The van der Waals surface area contributed by atoms with Gasteiger partial charge >= 0.3 is 0 Å². The van der Waals surface area contributed by atoms with Gasteiger partial charge in [-0.15, -0.1) is 0 Å². The Labute approximate surface area is 109 Å². The fraction of sp³-hybridized carbons (Fsp3) is 0.643. The highest BCUT2D eigenvalue weighted by Crippen LogP contribution is 2.19. The number of aromatic nitrogens is 1. The van der Waals surface area contributed by atoms with Crippen LogP contribution < -0.4 is 10.6 Å². The number of rotatable bonds is 4. The van der Waals surface area contributed by atoms with Crippen molar-refractivity contribution in [2.24, 2.45) is 11.7 Å². The molecular formula is C14H23N3O. The highest BCUT2D eigenvalue weighted by atomic mass is 16.5. The quantitative estimate of drug-likeness (QED) is 0.886. The molecule has 4 nitrogen and oxygen atoms in total. The fourth-order valence-electron chi connectivity index (χ4n) is 2.34. The average Bonchev–Trinajstić information content (AvgIpc) is 2.40. The summed E-state index contributed by atoms with van der Waals surface area (Å²) in [5.41, 5.74) is 7.88. The lowest BCUT2D eigenvalue weighted by atomic mass is 10.0. The predicted molar refractivity (Wildman–Crippen MR) is 73.7 cm³/mol. The van der Waals surface area contributed by atoms with Gasteiger partial charge in [0.1, 0.15) is 0 Å². The minimum absolute atomic E-state index is 0.00361. The molecule has 2 rings (SSSR count). The molecule has 1 saturated heterocycles. The summed E-state index contributed by atoms with van der Waals surface area (Å²) in [6, 6.07) is 4.10. The summed E-state index contributed by atoms with van der Waals surface area (Å²) in [6.07, 6.45) is 4.35. The van der Waals surface area contributed by atoms with E-state index >= 15 is 0 Å². The summed E-state index contributed by atoms with van der Waals surface area (Å²) < 4.78 is 5.51. The van der Waals surface area contributed by atoms with Crippen LogP contribution in [0, 0.1) is 5.92 Å². The standard InChI is InChI=1S/C14H23N3O/c1-11(15)14-6-5-13(8-16-14)17(2)9-12-4-3-7-18-10-12/h5-6,8,11-12H,3-4,7,9-10,15H2,1-2H3/t11-,12?/m0/s1. The minimum atomic E-state index is -0.00361. The predicted octanol–water partition coefficient (Wildman–Crippen LogP) is 1.96. The monoisotopic (exact) mass is 249 g/mol. The molecule has 2 N–H and O–H groups in total. The minimum Gasteiger partial charge on any atom is -0.381 e. The zero-order chi connectivity index (χ0) is 13.0. The Morgan fingerprint density at radius 1 is 1.56 bits per heavy atom. The van der Waals surface area contributed by atoms with Crippen molar-refractivity contribution < 1.29 is 4.74 Å². The molecule has 100 valence electrons. The van der Waals surface area contributed by atoms with E-state index in [0.29, 0.717) is 5.92 Å². The number of nitrogens with zero attached hydrogens (tertiary/aromatic N) is 2. The first-order valence-corrected chi connectivity index (χ1v) is 6.67. The van der Waals surface area contributed by atoms with E-state index in [9.17, 15) is 0 Å². The van der Waals surface area contributed by atoms with Crippen LogP contribution in [0.4, 0.5) is 5.69 Å². The number of hydrogen-bond acceptors (Lipinski definition) is 4. The van der Waals surface area contributed by atoms with E-state index < -0.39 is 0 Å². The van der Waals surface area contributed by atoms with E-state index in [-0.39, 0.29) is 6.04 Å². The van der Waals surface area contributed by atoms with E-state index in [2.05, 4.69) is 23.0 Å². The topological polar surface area (TPSA) is 51.4 Å². The van der Waals surface area contributed by atoms with Crippen LogP contribution in [0.15, 0.2) is 18.3 Å². The second-order valence-corrected chi connectivity index (χ2v) is 5.19. The zero-order valence-electron chi connectivity index (χ0n) is 11.3. The van der Waals surface area contributed by atoms with Gasteiger partial charge in [0.2, 0.25) is 0 Å². The molecule has 1 aliphatic rings. The number of pyridine rings is 1. The number of nitrogens with two attached hydrogens (primary N) is 1. The summed E-state index contributed by atoms with van der Waals surface area (Å²) in [4.78, 5) is 6.64. The van der Waals surface area contributed by atoms with Gasteiger partial charge in [0.15, 0.2) is 0 Å². The molecule has 1 aromatic rings. The highest BCUT2D eigenvalue weighted by Gasteiger charge is 2.16. The molecule has 1 unspecified atom stereocenters. The molecule has 1 fully saturated rings. The number of hydrogen-bond donors (Lipinski definition) is 1. The van der Waals surface area contributed by atoms with Crippen LogP contribution >= 0.6 is 0 Å². The Hall–Kier alpha value is -1.13. The first-order chi connectivity index (χ1) is 8.66. The van der Waals surface area contributed by atoms with Crippen molar-refractivity contribution in [3.63, 3.8) is 0 Å². The average molecular weight is 249 g/mol. The molecule has 1 aromatic heterocycles. The van der Waals surface area contributed by atoms with E-state index in [1.54, 1.807) is 0 Å². The first kappa shape index (κ1) is 13.3. The molecule has 0 bridgehead atoms. The number of ether oxygens (including phenoxy) is 1. The Bertz CT molecular complexity index is 358. The third kappa shape index (κ3) is 3.43. The fourth-order valence-corrected chi connectivity index (χ4v) is 2.34. The highest BCUT2D eigenvalue weighted by molar-refractivity contribution is 5.43. The molecule has 18 heavy (non-hydrogen) atoms. The van der Waals surface area contributed by atoms with Crippen molar-refractivity contribution in [2.75, 3.05) is 31.7 Å². The van der Waals surface area contributed by atoms with Crippen LogP contribution in [0.25, 0.3) is 0 Å².